The Labute approximate surface area is 192 Å². The molecule has 5 rings (SSSR count). The smallest absolute Gasteiger partial charge is 0.143 e. The minimum Gasteiger partial charge on any atom is -0.495 e. The van der Waals surface area contributed by atoms with Crippen molar-refractivity contribution in [3.63, 3.8) is 0 Å². The van der Waals surface area contributed by atoms with Crippen LogP contribution in [-0.4, -0.2) is 40.8 Å². The Hall–Kier alpha value is -3.19. The van der Waals surface area contributed by atoms with Crippen molar-refractivity contribution < 1.29 is 13.5 Å². The molecule has 0 amide bonds. The first-order valence-electron chi connectivity index (χ1n) is 11.4. The number of halogens is 2. The number of aryl methyl sites for hydroxylation is 1. The van der Waals surface area contributed by atoms with Gasteiger partial charge in [-0.15, -0.1) is 0 Å². The number of ether oxygens (including phenoxy) is 1. The standard InChI is InChI=1S/C26H28F2N4O/c1-18-16-30(17-29-18)25-8-7-19(12-26(25)33-2)11-20-5-3-10-32-24(20)6-4-9-31(32)23-14-21(27)13-22(28)15-23/h7-8,11-17,24H,3-6,9-10H2,1-2H3. The number of nitrogens with zero attached hydrogens (tertiary/aromatic N) is 4. The molecule has 2 fully saturated rings. The van der Waals surface area contributed by atoms with E-state index in [0.717, 1.165) is 67.5 Å². The van der Waals surface area contributed by atoms with Crippen LogP contribution in [0, 0.1) is 18.6 Å². The zero-order valence-electron chi connectivity index (χ0n) is 19.0. The van der Waals surface area contributed by atoms with E-state index in [9.17, 15) is 8.78 Å². The van der Waals surface area contributed by atoms with Crippen molar-refractivity contribution in [2.75, 3.05) is 25.2 Å². The van der Waals surface area contributed by atoms with Gasteiger partial charge in [-0.2, -0.15) is 0 Å². The van der Waals surface area contributed by atoms with E-state index in [1.807, 2.05) is 17.7 Å². The van der Waals surface area contributed by atoms with Gasteiger partial charge in [0.2, 0.25) is 0 Å². The van der Waals surface area contributed by atoms with Crippen LogP contribution in [0.4, 0.5) is 14.5 Å². The maximum atomic E-state index is 13.9. The highest BCUT2D eigenvalue weighted by atomic mass is 19.1. The summed E-state index contributed by atoms with van der Waals surface area (Å²) < 4.78 is 35.4. The van der Waals surface area contributed by atoms with Gasteiger partial charge in [-0.3, -0.25) is 0 Å². The molecule has 33 heavy (non-hydrogen) atoms. The Morgan fingerprint density at radius 1 is 1.06 bits per heavy atom. The van der Waals surface area contributed by atoms with Crippen LogP contribution >= 0.6 is 0 Å². The van der Waals surface area contributed by atoms with Crippen molar-refractivity contribution >= 4 is 11.8 Å². The molecule has 2 aromatic carbocycles. The van der Waals surface area contributed by atoms with Gasteiger partial charge in [0.1, 0.15) is 17.4 Å². The van der Waals surface area contributed by atoms with Crippen LogP contribution in [-0.2, 0) is 0 Å². The number of methoxy groups -OCH3 is 1. The quantitative estimate of drug-likeness (QED) is 0.523. The number of fused-ring (bicyclic) bond motifs is 1. The predicted octanol–water partition coefficient (Wildman–Crippen LogP) is 5.53. The molecular formula is C26H28F2N4O. The minimum atomic E-state index is -0.542. The third kappa shape index (κ3) is 4.37. The van der Waals surface area contributed by atoms with Crippen molar-refractivity contribution in [2.45, 2.75) is 38.6 Å². The maximum Gasteiger partial charge on any atom is 0.143 e. The summed E-state index contributed by atoms with van der Waals surface area (Å²) in [5, 5.41) is 4.34. The monoisotopic (exact) mass is 450 g/mol. The van der Waals surface area contributed by atoms with Gasteiger partial charge in [-0.1, -0.05) is 17.7 Å². The molecule has 3 aromatic rings. The fourth-order valence-electron chi connectivity index (χ4n) is 5.04. The number of rotatable bonds is 4. The average molecular weight is 451 g/mol. The van der Waals surface area contributed by atoms with Gasteiger partial charge in [0.15, 0.2) is 0 Å². The molecule has 2 saturated heterocycles. The number of piperidine rings is 1. The zero-order chi connectivity index (χ0) is 22.9. The molecule has 0 spiro atoms. The van der Waals surface area contributed by atoms with Crippen LogP contribution < -0.4 is 9.75 Å². The highest BCUT2D eigenvalue weighted by Crippen LogP contribution is 2.36. The Balaban J connectivity index is 1.44. The van der Waals surface area contributed by atoms with E-state index in [2.05, 4.69) is 39.3 Å². The average Bonchev–Trinajstić information content (AvgIpc) is 3.24. The minimum absolute atomic E-state index is 0.223. The number of hydrogen-bond acceptors (Lipinski definition) is 4. The fraction of sp³-hybridized carbons (Fsp3) is 0.346. The fourth-order valence-corrected chi connectivity index (χ4v) is 5.04. The van der Waals surface area contributed by atoms with Crippen molar-refractivity contribution in [3.8, 4) is 11.4 Å². The van der Waals surface area contributed by atoms with E-state index >= 15 is 0 Å². The number of imidazole rings is 1. The maximum absolute atomic E-state index is 13.9. The normalized spacial score (nSPS) is 20.2. The van der Waals surface area contributed by atoms with Crippen molar-refractivity contribution in [1.82, 2.24) is 14.6 Å². The van der Waals surface area contributed by atoms with E-state index in [0.29, 0.717) is 5.69 Å². The second-order valence-corrected chi connectivity index (χ2v) is 8.75. The van der Waals surface area contributed by atoms with Crippen LogP contribution in [0.1, 0.15) is 36.9 Å². The molecule has 0 bridgehead atoms. The Bertz CT molecular complexity index is 1170. The van der Waals surface area contributed by atoms with Gasteiger partial charge in [-0.05, 0) is 62.4 Å². The summed E-state index contributed by atoms with van der Waals surface area (Å²) in [6.07, 6.45) is 10.0. The van der Waals surface area contributed by atoms with E-state index in [-0.39, 0.29) is 6.04 Å². The molecule has 1 atom stereocenters. The number of hydrazine groups is 1. The van der Waals surface area contributed by atoms with Gasteiger partial charge in [0.05, 0.1) is 36.5 Å². The summed E-state index contributed by atoms with van der Waals surface area (Å²) in [4.78, 5) is 4.31. The summed E-state index contributed by atoms with van der Waals surface area (Å²) in [6, 6.07) is 10.2. The summed E-state index contributed by atoms with van der Waals surface area (Å²) in [5.74, 6) is -0.296. The van der Waals surface area contributed by atoms with Crippen LogP contribution in [0.2, 0.25) is 0 Å². The molecule has 7 heteroatoms. The third-order valence-electron chi connectivity index (χ3n) is 6.49. The molecule has 172 valence electrons. The molecule has 0 N–H and O–H groups in total. The number of benzene rings is 2. The summed E-state index contributed by atoms with van der Waals surface area (Å²) in [6.45, 7) is 3.60. The van der Waals surface area contributed by atoms with E-state index in [4.69, 9.17) is 4.74 Å². The van der Waals surface area contributed by atoms with Gasteiger partial charge in [0, 0.05) is 25.4 Å². The van der Waals surface area contributed by atoms with E-state index in [1.54, 1.807) is 13.4 Å². The molecule has 2 aliphatic rings. The Morgan fingerprint density at radius 3 is 2.61 bits per heavy atom. The SMILES string of the molecule is COc1cc(C=C2CCCN3C2CCCN3c2cc(F)cc(F)c2)ccc1-n1cnc(C)c1. The van der Waals surface area contributed by atoms with Crippen molar-refractivity contribution in [2.24, 2.45) is 0 Å². The second kappa shape index (κ2) is 8.98. The highest BCUT2D eigenvalue weighted by molar-refractivity contribution is 5.61. The molecule has 0 aliphatic carbocycles. The first-order chi connectivity index (χ1) is 16.0. The van der Waals surface area contributed by atoms with Gasteiger partial charge in [-0.25, -0.2) is 18.8 Å². The molecule has 1 aromatic heterocycles. The van der Waals surface area contributed by atoms with Crippen molar-refractivity contribution in [3.05, 3.63) is 77.4 Å². The molecule has 2 aliphatic heterocycles. The lowest BCUT2D eigenvalue weighted by Crippen LogP contribution is -2.56. The lowest BCUT2D eigenvalue weighted by molar-refractivity contribution is 0.135. The molecular weight excluding hydrogens is 422 g/mol. The lowest BCUT2D eigenvalue weighted by atomic mass is 9.90. The van der Waals surface area contributed by atoms with Crippen LogP contribution in [0.25, 0.3) is 11.8 Å². The van der Waals surface area contributed by atoms with Gasteiger partial charge >= 0.3 is 0 Å². The molecule has 0 radical (unpaired) electrons. The summed E-state index contributed by atoms with van der Waals surface area (Å²) in [5.41, 5.74) is 4.91. The third-order valence-corrected chi connectivity index (χ3v) is 6.49. The first kappa shape index (κ1) is 21.6. The van der Waals surface area contributed by atoms with E-state index in [1.165, 1.54) is 17.7 Å². The van der Waals surface area contributed by atoms with Crippen LogP contribution in [0.3, 0.4) is 0 Å². The Morgan fingerprint density at radius 2 is 1.88 bits per heavy atom. The van der Waals surface area contributed by atoms with Crippen LogP contribution in [0.15, 0.2) is 54.5 Å². The second-order valence-electron chi connectivity index (χ2n) is 8.75. The van der Waals surface area contributed by atoms with Crippen molar-refractivity contribution in [1.29, 1.82) is 0 Å². The molecule has 3 heterocycles. The first-order valence-corrected chi connectivity index (χ1v) is 11.4. The van der Waals surface area contributed by atoms with Crippen LogP contribution in [0.5, 0.6) is 5.75 Å². The molecule has 0 saturated carbocycles. The number of hydrogen-bond donors (Lipinski definition) is 0. The topological polar surface area (TPSA) is 33.5 Å². The number of aromatic nitrogens is 2. The predicted molar refractivity (Wildman–Crippen MR) is 125 cm³/mol. The lowest BCUT2D eigenvalue weighted by Gasteiger charge is -2.49. The largest absolute Gasteiger partial charge is 0.495 e. The van der Waals surface area contributed by atoms with Gasteiger partial charge < -0.3 is 14.3 Å². The molecule has 1 unspecified atom stereocenters. The zero-order valence-corrected chi connectivity index (χ0v) is 19.0. The number of anilines is 1. The van der Waals surface area contributed by atoms with Gasteiger partial charge in [0.25, 0.3) is 0 Å². The molecule has 5 nitrogen and oxygen atoms in total. The summed E-state index contributed by atoms with van der Waals surface area (Å²) in [7, 11) is 1.68. The highest BCUT2D eigenvalue weighted by Gasteiger charge is 2.34. The summed E-state index contributed by atoms with van der Waals surface area (Å²) >= 11 is 0. The van der Waals surface area contributed by atoms with E-state index < -0.39 is 11.6 Å². The Kier molecular flexibility index (Phi) is 5.89.